The van der Waals surface area contributed by atoms with Crippen LogP contribution in [-0.4, -0.2) is 13.0 Å². The maximum Gasteiger partial charge on any atom is 0.294 e. The lowest BCUT2D eigenvalue weighted by molar-refractivity contribution is 0.481. The molecule has 4 heteroatoms. The van der Waals surface area contributed by atoms with Crippen molar-refractivity contribution >= 4 is 10.1 Å². The molecule has 1 N–H and O–H groups in total. The first kappa shape index (κ1) is 11.4. The zero-order valence-electron chi connectivity index (χ0n) is 9.05. The van der Waals surface area contributed by atoms with Gasteiger partial charge >= 0.3 is 0 Å². The second-order valence-corrected chi connectivity index (χ2v) is 5.52. The first-order chi connectivity index (χ1) is 7.48. The van der Waals surface area contributed by atoms with Gasteiger partial charge in [0.25, 0.3) is 10.1 Å². The Morgan fingerprint density at radius 1 is 1.38 bits per heavy atom. The number of allylic oxidation sites excluding steroid dienone is 2. The summed E-state index contributed by atoms with van der Waals surface area (Å²) >= 11 is 0. The number of rotatable bonds is 2. The van der Waals surface area contributed by atoms with E-state index in [1.807, 2.05) is 25.1 Å². The van der Waals surface area contributed by atoms with E-state index < -0.39 is 10.1 Å². The Morgan fingerprint density at radius 2 is 2.12 bits per heavy atom. The zero-order valence-corrected chi connectivity index (χ0v) is 9.87. The third-order valence-electron chi connectivity index (χ3n) is 2.86. The molecular weight excluding hydrogens is 224 g/mol. The third kappa shape index (κ3) is 2.18. The minimum absolute atomic E-state index is 0.0367. The summed E-state index contributed by atoms with van der Waals surface area (Å²) in [6, 6.07) is 5.01. The molecule has 0 aliphatic heterocycles. The summed E-state index contributed by atoms with van der Waals surface area (Å²) in [5.41, 5.74) is 1.71. The van der Waals surface area contributed by atoms with Crippen LogP contribution in [0.3, 0.4) is 0 Å². The maximum absolute atomic E-state index is 11.3. The molecule has 0 saturated carbocycles. The molecule has 1 unspecified atom stereocenters. The van der Waals surface area contributed by atoms with E-state index >= 15 is 0 Å². The van der Waals surface area contributed by atoms with E-state index in [0.29, 0.717) is 5.56 Å². The SMILES string of the molecule is Cc1ccc(S(=O)(=O)O)c(C2C=CCC2)c1. The van der Waals surface area contributed by atoms with Crippen LogP contribution in [0.15, 0.2) is 35.2 Å². The Balaban J connectivity index is 2.57. The van der Waals surface area contributed by atoms with Crippen molar-refractivity contribution < 1.29 is 13.0 Å². The van der Waals surface area contributed by atoms with Crippen molar-refractivity contribution in [1.29, 1.82) is 0 Å². The van der Waals surface area contributed by atoms with Gasteiger partial charge in [0.05, 0.1) is 4.90 Å². The van der Waals surface area contributed by atoms with E-state index in [0.717, 1.165) is 18.4 Å². The van der Waals surface area contributed by atoms with Crippen molar-refractivity contribution in [3.8, 4) is 0 Å². The van der Waals surface area contributed by atoms with Gasteiger partial charge in [-0.15, -0.1) is 0 Å². The highest BCUT2D eigenvalue weighted by Gasteiger charge is 2.21. The molecule has 1 aromatic carbocycles. The molecule has 0 aromatic heterocycles. The standard InChI is InChI=1S/C12H14O3S/c1-9-6-7-12(16(13,14)15)11(8-9)10-4-2-3-5-10/h2,4,6-8,10H,3,5H2,1H3,(H,13,14,15). The molecule has 3 nitrogen and oxygen atoms in total. The number of benzene rings is 1. The van der Waals surface area contributed by atoms with Crippen LogP contribution in [0.2, 0.25) is 0 Å². The molecule has 0 amide bonds. The van der Waals surface area contributed by atoms with E-state index in [-0.39, 0.29) is 10.8 Å². The molecule has 0 fully saturated rings. The lowest BCUT2D eigenvalue weighted by Gasteiger charge is -2.13. The minimum Gasteiger partial charge on any atom is -0.282 e. The van der Waals surface area contributed by atoms with Gasteiger partial charge in [-0.05, 0) is 31.4 Å². The van der Waals surface area contributed by atoms with Crippen molar-refractivity contribution in [3.05, 3.63) is 41.5 Å². The van der Waals surface area contributed by atoms with Gasteiger partial charge in [0.2, 0.25) is 0 Å². The summed E-state index contributed by atoms with van der Waals surface area (Å²) in [5, 5.41) is 0. The Morgan fingerprint density at radius 3 is 2.69 bits per heavy atom. The zero-order chi connectivity index (χ0) is 11.8. The predicted octanol–water partition coefficient (Wildman–Crippen LogP) is 2.68. The molecule has 0 spiro atoms. The van der Waals surface area contributed by atoms with Crippen molar-refractivity contribution in [2.45, 2.75) is 30.6 Å². The highest BCUT2D eigenvalue weighted by molar-refractivity contribution is 7.85. The summed E-state index contributed by atoms with van der Waals surface area (Å²) in [6.07, 6.45) is 5.92. The van der Waals surface area contributed by atoms with Gasteiger partial charge in [-0.2, -0.15) is 8.42 Å². The number of hydrogen-bond acceptors (Lipinski definition) is 2. The summed E-state index contributed by atoms with van der Waals surface area (Å²) in [4.78, 5) is 0.0367. The number of hydrogen-bond donors (Lipinski definition) is 1. The van der Waals surface area contributed by atoms with Crippen molar-refractivity contribution in [3.63, 3.8) is 0 Å². The van der Waals surface area contributed by atoms with Gasteiger partial charge in [-0.25, -0.2) is 0 Å². The molecule has 0 radical (unpaired) electrons. The normalized spacial score (nSPS) is 20.2. The maximum atomic E-state index is 11.3. The largest absolute Gasteiger partial charge is 0.294 e. The number of aryl methyl sites for hydroxylation is 1. The quantitative estimate of drug-likeness (QED) is 0.636. The Labute approximate surface area is 95.6 Å². The highest BCUT2D eigenvalue weighted by Crippen LogP contribution is 2.33. The van der Waals surface area contributed by atoms with Gasteiger partial charge in [-0.3, -0.25) is 4.55 Å². The van der Waals surface area contributed by atoms with Crippen LogP contribution in [0, 0.1) is 6.92 Å². The van der Waals surface area contributed by atoms with Crippen LogP contribution in [0.4, 0.5) is 0 Å². The smallest absolute Gasteiger partial charge is 0.282 e. The van der Waals surface area contributed by atoms with Gasteiger partial charge in [0, 0.05) is 5.92 Å². The Hall–Kier alpha value is -1.13. The molecule has 0 bridgehead atoms. The first-order valence-electron chi connectivity index (χ1n) is 5.23. The molecule has 86 valence electrons. The molecule has 1 aromatic rings. The Bertz CT molecular complexity index is 529. The van der Waals surface area contributed by atoms with Gasteiger partial charge in [0.15, 0.2) is 0 Å². The first-order valence-corrected chi connectivity index (χ1v) is 6.67. The fraction of sp³-hybridized carbons (Fsp3) is 0.333. The van der Waals surface area contributed by atoms with Gasteiger partial charge < -0.3 is 0 Å². The van der Waals surface area contributed by atoms with Crippen LogP contribution in [0.5, 0.6) is 0 Å². The second-order valence-electron chi connectivity index (χ2n) is 4.13. The lowest BCUT2D eigenvalue weighted by Crippen LogP contribution is -2.05. The van der Waals surface area contributed by atoms with Crippen molar-refractivity contribution in [2.75, 3.05) is 0 Å². The van der Waals surface area contributed by atoms with E-state index in [1.165, 1.54) is 6.07 Å². The fourth-order valence-electron chi connectivity index (χ4n) is 2.08. The summed E-state index contributed by atoms with van der Waals surface area (Å²) in [6.45, 7) is 1.91. The van der Waals surface area contributed by atoms with Crippen LogP contribution in [-0.2, 0) is 10.1 Å². The average molecular weight is 238 g/mol. The van der Waals surface area contributed by atoms with E-state index in [4.69, 9.17) is 4.55 Å². The molecule has 1 aliphatic carbocycles. The third-order valence-corrected chi connectivity index (χ3v) is 3.78. The molecule has 2 rings (SSSR count). The topological polar surface area (TPSA) is 54.4 Å². The van der Waals surface area contributed by atoms with Crippen molar-refractivity contribution in [1.82, 2.24) is 0 Å². The Kier molecular flexibility index (Phi) is 2.86. The molecule has 0 saturated heterocycles. The van der Waals surface area contributed by atoms with E-state index in [1.54, 1.807) is 6.07 Å². The van der Waals surface area contributed by atoms with Crippen LogP contribution in [0.25, 0.3) is 0 Å². The lowest BCUT2D eigenvalue weighted by atomic mass is 9.97. The summed E-state index contributed by atoms with van der Waals surface area (Å²) < 4.78 is 31.7. The summed E-state index contributed by atoms with van der Waals surface area (Å²) in [7, 11) is -4.12. The molecule has 1 atom stereocenters. The van der Waals surface area contributed by atoms with Gasteiger partial charge in [-0.1, -0.05) is 29.8 Å². The van der Waals surface area contributed by atoms with Crippen LogP contribution < -0.4 is 0 Å². The second kappa shape index (κ2) is 4.03. The average Bonchev–Trinajstić information content (AvgIpc) is 2.68. The van der Waals surface area contributed by atoms with E-state index in [2.05, 4.69) is 0 Å². The van der Waals surface area contributed by atoms with Crippen LogP contribution >= 0.6 is 0 Å². The highest BCUT2D eigenvalue weighted by atomic mass is 32.2. The summed E-state index contributed by atoms with van der Waals surface area (Å²) in [5.74, 6) is 0.108. The molecule has 16 heavy (non-hydrogen) atoms. The molecule has 1 aliphatic rings. The fourth-order valence-corrected chi connectivity index (χ4v) is 2.83. The predicted molar refractivity (Wildman–Crippen MR) is 62.1 cm³/mol. The minimum atomic E-state index is -4.12. The van der Waals surface area contributed by atoms with Crippen molar-refractivity contribution in [2.24, 2.45) is 0 Å². The van der Waals surface area contributed by atoms with E-state index in [9.17, 15) is 8.42 Å². The monoisotopic (exact) mass is 238 g/mol. The molecule has 0 heterocycles. The van der Waals surface area contributed by atoms with Crippen LogP contribution in [0.1, 0.15) is 29.9 Å². The van der Waals surface area contributed by atoms with Gasteiger partial charge in [0.1, 0.15) is 0 Å². The molecular formula is C12H14O3S.